The second-order valence-electron chi connectivity index (χ2n) is 4.46. The Morgan fingerprint density at radius 3 is 2.29 bits per heavy atom. The SMILES string of the molecule is CC(C)C(=O)OC(O)C(C)(O)c1ccccc1. The summed E-state index contributed by atoms with van der Waals surface area (Å²) in [6.45, 7) is 4.72. The molecule has 0 aliphatic carbocycles. The Morgan fingerprint density at radius 1 is 1.29 bits per heavy atom. The zero-order chi connectivity index (χ0) is 13.1. The Kier molecular flexibility index (Phi) is 4.26. The number of aliphatic hydroxyl groups excluding tert-OH is 1. The van der Waals surface area contributed by atoms with E-state index in [-0.39, 0.29) is 5.92 Å². The number of carbonyl (C=O) groups excluding carboxylic acids is 1. The lowest BCUT2D eigenvalue weighted by atomic mass is 9.95. The van der Waals surface area contributed by atoms with Crippen molar-refractivity contribution in [2.24, 2.45) is 5.92 Å². The van der Waals surface area contributed by atoms with Gasteiger partial charge in [0.15, 0.2) is 0 Å². The van der Waals surface area contributed by atoms with Crippen LogP contribution >= 0.6 is 0 Å². The largest absolute Gasteiger partial charge is 0.432 e. The smallest absolute Gasteiger partial charge is 0.310 e. The van der Waals surface area contributed by atoms with E-state index in [1.165, 1.54) is 6.92 Å². The number of esters is 1. The fourth-order valence-corrected chi connectivity index (χ4v) is 1.28. The molecule has 94 valence electrons. The zero-order valence-electron chi connectivity index (χ0n) is 10.3. The van der Waals surface area contributed by atoms with Gasteiger partial charge >= 0.3 is 5.97 Å². The number of carbonyl (C=O) groups is 1. The second kappa shape index (κ2) is 5.29. The molecule has 0 fully saturated rings. The van der Waals surface area contributed by atoms with Crippen LogP contribution in [0.4, 0.5) is 0 Å². The van der Waals surface area contributed by atoms with Crippen LogP contribution in [0.3, 0.4) is 0 Å². The monoisotopic (exact) mass is 238 g/mol. The lowest BCUT2D eigenvalue weighted by Crippen LogP contribution is -2.40. The lowest BCUT2D eigenvalue weighted by molar-refractivity contribution is -0.216. The van der Waals surface area contributed by atoms with E-state index in [9.17, 15) is 15.0 Å². The zero-order valence-corrected chi connectivity index (χ0v) is 10.3. The molecule has 4 nitrogen and oxygen atoms in total. The molecule has 0 bridgehead atoms. The Balaban J connectivity index is 2.80. The minimum absolute atomic E-state index is 0.351. The van der Waals surface area contributed by atoms with Crippen molar-refractivity contribution in [1.82, 2.24) is 0 Å². The summed E-state index contributed by atoms with van der Waals surface area (Å²) in [4.78, 5) is 11.3. The van der Waals surface area contributed by atoms with Crippen molar-refractivity contribution in [3.05, 3.63) is 35.9 Å². The molecule has 0 radical (unpaired) electrons. The van der Waals surface area contributed by atoms with E-state index >= 15 is 0 Å². The number of aliphatic hydroxyl groups is 2. The molecule has 0 spiro atoms. The normalized spacial score (nSPS) is 16.4. The summed E-state index contributed by atoms with van der Waals surface area (Å²) >= 11 is 0. The Morgan fingerprint density at radius 2 is 1.82 bits per heavy atom. The van der Waals surface area contributed by atoms with Crippen molar-refractivity contribution in [3.8, 4) is 0 Å². The molecule has 0 saturated heterocycles. The highest BCUT2D eigenvalue weighted by Gasteiger charge is 2.35. The molecule has 1 rings (SSSR count). The Bertz CT molecular complexity index is 370. The van der Waals surface area contributed by atoms with Gasteiger partial charge in [-0.3, -0.25) is 4.79 Å². The van der Waals surface area contributed by atoms with Crippen LogP contribution in [0, 0.1) is 5.92 Å². The molecule has 2 N–H and O–H groups in total. The highest BCUT2D eigenvalue weighted by molar-refractivity contribution is 5.71. The van der Waals surface area contributed by atoms with Crippen LogP contribution < -0.4 is 0 Å². The number of benzene rings is 1. The molecule has 17 heavy (non-hydrogen) atoms. The Labute approximate surface area is 101 Å². The van der Waals surface area contributed by atoms with Crippen molar-refractivity contribution < 1.29 is 19.7 Å². The van der Waals surface area contributed by atoms with E-state index in [2.05, 4.69) is 0 Å². The lowest BCUT2D eigenvalue weighted by Gasteiger charge is -2.29. The summed E-state index contributed by atoms with van der Waals surface area (Å²) in [6, 6.07) is 8.59. The van der Waals surface area contributed by atoms with Gasteiger partial charge in [-0.1, -0.05) is 44.2 Å². The average Bonchev–Trinajstić information content (AvgIpc) is 2.29. The van der Waals surface area contributed by atoms with Gasteiger partial charge in [-0.15, -0.1) is 0 Å². The molecule has 1 aromatic rings. The Hall–Kier alpha value is -1.39. The quantitative estimate of drug-likeness (QED) is 0.615. The molecular formula is C13H18O4. The van der Waals surface area contributed by atoms with Crippen LogP contribution in [0.2, 0.25) is 0 Å². The third-order valence-corrected chi connectivity index (χ3v) is 2.54. The highest BCUT2D eigenvalue weighted by atomic mass is 16.6. The van der Waals surface area contributed by atoms with Crippen molar-refractivity contribution in [1.29, 1.82) is 0 Å². The van der Waals surface area contributed by atoms with Crippen LogP contribution in [0.15, 0.2) is 30.3 Å². The van der Waals surface area contributed by atoms with E-state index < -0.39 is 17.9 Å². The number of hydrogen-bond acceptors (Lipinski definition) is 4. The van der Waals surface area contributed by atoms with Crippen molar-refractivity contribution >= 4 is 5.97 Å². The first-order valence-corrected chi connectivity index (χ1v) is 5.52. The maximum atomic E-state index is 11.3. The molecule has 0 amide bonds. The van der Waals surface area contributed by atoms with E-state index in [1.54, 1.807) is 44.2 Å². The molecule has 0 aromatic heterocycles. The first-order chi connectivity index (χ1) is 7.85. The van der Waals surface area contributed by atoms with Gasteiger partial charge in [-0.2, -0.15) is 0 Å². The summed E-state index contributed by atoms with van der Waals surface area (Å²) < 4.78 is 4.80. The van der Waals surface area contributed by atoms with Gasteiger partial charge < -0.3 is 14.9 Å². The first-order valence-electron chi connectivity index (χ1n) is 5.52. The van der Waals surface area contributed by atoms with E-state index in [1.807, 2.05) is 0 Å². The molecule has 0 saturated carbocycles. The number of rotatable bonds is 4. The minimum atomic E-state index is -1.62. The van der Waals surface area contributed by atoms with Gasteiger partial charge in [0.2, 0.25) is 6.29 Å². The van der Waals surface area contributed by atoms with Crippen LogP contribution in [-0.4, -0.2) is 22.5 Å². The number of hydrogen-bond donors (Lipinski definition) is 2. The predicted octanol–water partition coefficient (Wildman–Crippen LogP) is 1.41. The predicted molar refractivity (Wildman–Crippen MR) is 62.9 cm³/mol. The fraction of sp³-hybridized carbons (Fsp3) is 0.462. The summed E-state index contributed by atoms with van der Waals surface area (Å²) in [6.07, 6.45) is -1.58. The summed E-state index contributed by atoms with van der Waals surface area (Å²) in [5, 5.41) is 19.9. The minimum Gasteiger partial charge on any atom is -0.432 e. The van der Waals surface area contributed by atoms with Gasteiger partial charge in [-0.05, 0) is 12.5 Å². The number of ether oxygens (including phenoxy) is 1. The van der Waals surface area contributed by atoms with Crippen molar-refractivity contribution in [2.75, 3.05) is 0 Å². The molecule has 1 aromatic carbocycles. The molecule has 2 atom stereocenters. The van der Waals surface area contributed by atoms with Crippen LogP contribution in [0.5, 0.6) is 0 Å². The third-order valence-electron chi connectivity index (χ3n) is 2.54. The topological polar surface area (TPSA) is 66.8 Å². The van der Waals surface area contributed by atoms with Crippen LogP contribution in [-0.2, 0) is 15.1 Å². The summed E-state index contributed by atoms with van der Waals surface area (Å²) in [7, 11) is 0. The molecule has 2 unspecified atom stereocenters. The van der Waals surface area contributed by atoms with Gasteiger partial charge in [0.05, 0.1) is 5.92 Å². The standard InChI is InChI=1S/C13H18O4/c1-9(2)11(14)17-12(15)13(3,16)10-7-5-4-6-8-10/h4-9,12,15-16H,1-3H3. The maximum absolute atomic E-state index is 11.3. The van der Waals surface area contributed by atoms with Gasteiger partial charge in [-0.25, -0.2) is 0 Å². The van der Waals surface area contributed by atoms with Gasteiger partial charge in [0.25, 0.3) is 0 Å². The maximum Gasteiger partial charge on any atom is 0.310 e. The van der Waals surface area contributed by atoms with E-state index in [0.717, 1.165) is 0 Å². The molecule has 0 heterocycles. The second-order valence-corrected chi connectivity index (χ2v) is 4.46. The highest BCUT2D eigenvalue weighted by Crippen LogP contribution is 2.25. The van der Waals surface area contributed by atoms with Crippen molar-refractivity contribution in [2.45, 2.75) is 32.7 Å². The van der Waals surface area contributed by atoms with Gasteiger partial charge in [0, 0.05) is 0 Å². The molecule has 0 aliphatic heterocycles. The average molecular weight is 238 g/mol. The van der Waals surface area contributed by atoms with Gasteiger partial charge in [0.1, 0.15) is 5.60 Å². The van der Waals surface area contributed by atoms with Crippen LogP contribution in [0.1, 0.15) is 26.3 Å². The van der Waals surface area contributed by atoms with Crippen molar-refractivity contribution in [3.63, 3.8) is 0 Å². The van der Waals surface area contributed by atoms with Crippen LogP contribution in [0.25, 0.3) is 0 Å². The summed E-state index contributed by atoms with van der Waals surface area (Å²) in [5.74, 6) is -0.898. The molecule has 0 aliphatic rings. The first kappa shape index (κ1) is 13.7. The van der Waals surface area contributed by atoms with E-state index in [4.69, 9.17) is 4.74 Å². The third kappa shape index (κ3) is 3.28. The van der Waals surface area contributed by atoms with E-state index in [0.29, 0.717) is 5.56 Å². The molecular weight excluding hydrogens is 220 g/mol. The summed E-state index contributed by atoms with van der Waals surface area (Å²) in [5.41, 5.74) is -1.13. The molecule has 4 heteroatoms. The fourth-order valence-electron chi connectivity index (χ4n) is 1.28.